The van der Waals surface area contributed by atoms with Gasteiger partial charge in [-0.3, -0.25) is 0 Å². The Morgan fingerprint density at radius 3 is 2.68 bits per heavy atom. The van der Waals surface area contributed by atoms with Crippen LogP contribution in [0.1, 0.15) is 0 Å². The summed E-state index contributed by atoms with van der Waals surface area (Å²) in [5.41, 5.74) is 6.19. The summed E-state index contributed by atoms with van der Waals surface area (Å²) in [4.78, 5) is 3.98. The lowest BCUT2D eigenvalue weighted by molar-refractivity contribution is 0.447. The maximum Gasteiger partial charge on any atom is 0.238 e. The van der Waals surface area contributed by atoms with E-state index in [9.17, 15) is 8.42 Å². The van der Waals surface area contributed by atoms with Gasteiger partial charge in [-0.1, -0.05) is 15.9 Å². The number of pyridine rings is 1. The molecule has 0 saturated carbocycles. The predicted molar refractivity (Wildman–Crippen MR) is 76.0 cm³/mol. The van der Waals surface area contributed by atoms with Crippen LogP contribution in [0.25, 0.3) is 0 Å². The first-order valence-electron chi connectivity index (χ1n) is 5.25. The minimum absolute atomic E-state index is 0.0301. The molecule has 100 valence electrons. The largest absolute Gasteiger partial charge is 0.438 e. The van der Waals surface area contributed by atoms with E-state index < -0.39 is 9.84 Å². The predicted octanol–water partition coefficient (Wildman–Crippen LogP) is 2.62. The zero-order chi connectivity index (χ0) is 14.0. The molecule has 0 bridgehead atoms. The van der Waals surface area contributed by atoms with Crippen molar-refractivity contribution < 1.29 is 13.2 Å². The maximum atomic E-state index is 11.6. The van der Waals surface area contributed by atoms with Gasteiger partial charge in [-0.2, -0.15) is 0 Å². The van der Waals surface area contributed by atoms with Crippen molar-refractivity contribution in [1.82, 2.24) is 4.98 Å². The van der Waals surface area contributed by atoms with Gasteiger partial charge in [-0.05, 0) is 24.3 Å². The molecule has 0 aliphatic heterocycles. The fourth-order valence-corrected chi connectivity index (χ4v) is 2.72. The molecule has 0 unspecified atom stereocenters. The highest BCUT2D eigenvalue weighted by Gasteiger charge is 2.16. The van der Waals surface area contributed by atoms with Crippen LogP contribution in [0.3, 0.4) is 0 Å². The molecule has 0 saturated heterocycles. The lowest BCUT2D eigenvalue weighted by atomic mass is 10.3. The average Bonchev–Trinajstić information content (AvgIpc) is 2.26. The average molecular weight is 343 g/mol. The van der Waals surface area contributed by atoms with Crippen molar-refractivity contribution in [2.45, 2.75) is 4.90 Å². The lowest BCUT2D eigenvalue weighted by Gasteiger charge is -2.09. The molecule has 0 spiro atoms. The number of aromatic nitrogens is 1. The van der Waals surface area contributed by atoms with Gasteiger partial charge in [0.1, 0.15) is 10.6 Å². The Balaban J connectivity index is 2.44. The van der Waals surface area contributed by atoms with Crippen molar-refractivity contribution >= 4 is 31.5 Å². The summed E-state index contributed by atoms with van der Waals surface area (Å²) in [7, 11) is -3.40. The summed E-state index contributed by atoms with van der Waals surface area (Å²) in [6.45, 7) is 0. The first-order valence-corrected chi connectivity index (χ1v) is 7.94. The van der Waals surface area contributed by atoms with E-state index >= 15 is 0 Å². The number of rotatable bonds is 3. The standard InChI is InChI=1S/C12H11BrN2O3S/c1-19(16,17)11-3-2-4-15-12(11)18-10-6-8(13)5-9(14)7-10/h2-7H,14H2,1H3. The fourth-order valence-electron chi connectivity index (χ4n) is 1.49. The van der Waals surface area contributed by atoms with E-state index in [1.54, 1.807) is 24.3 Å². The highest BCUT2D eigenvalue weighted by Crippen LogP contribution is 2.29. The molecule has 0 radical (unpaired) electrons. The highest BCUT2D eigenvalue weighted by molar-refractivity contribution is 9.10. The first-order chi connectivity index (χ1) is 8.86. The summed E-state index contributed by atoms with van der Waals surface area (Å²) in [6, 6.07) is 7.96. The monoisotopic (exact) mass is 342 g/mol. The molecule has 5 nitrogen and oxygen atoms in total. The molecule has 1 aromatic carbocycles. The molecular formula is C12H11BrN2O3S. The number of anilines is 1. The summed E-state index contributed by atoms with van der Waals surface area (Å²) in [6.07, 6.45) is 2.57. The molecule has 19 heavy (non-hydrogen) atoms. The number of nitrogen functional groups attached to an aromatic ring is 1. The van der Waals surface area contributed by atoms with Gasteiger partial charge < -0.3 is 10.5 Å². The number of nitrogens with two attached hydrogens (primary N) is 1. The summed E-state index contributed by atoms with van der Waals surface area (Å²) in [5.74, 6) is 0.443. The summed E-state index contributed by atoms with van der Waals surface area (Å²) < 4.78 is 29.5. The molecule has 0 amide bonds. The SMILES string of the molecule is CS(=O)(=O)c1cccnc1Oc1cc(N)cc(Br)c1. The van der Waals surface area contributed by atoms with E-state index in [1.165, 1.54) is 12.3 Å². The molecule has 1 heterocycles. The summed E-state index contributed by atoms with van der Waals surface area (Å²) >= 11 is 3.29. The Bertz CT molecular complexity index is 696. The van der Waals surface area contributed by atoms with E-state index in [-0.39, 0.29) is 10.8 Å². The molecule has 7 heteroatoms. The molecule has 0 aliphatic carbocycles. The van der Waals surface area contributed by atoms with E-state index in [1.807, 2.05) is 0 Å². The van der Waals surface area contributed by atoms with E-state index in [2.05, 4.69) is 20.9 Å². The van der Waals surface area contributed by atoms with Crippen molar-refractivity contribution in [1.29, 1.82) is 0 Å². The van der Waals surface area contributed by atoms with Crippen LogP contribution in [0.15, 0.2) is 45.9 Å². The van der Waals surface area contributed by atoms with Crippen LogP contribution in [0.4, 0.5) is 5.69 Å². The number of benzene rings is 1. The Labute approximate surface area is 119 Å². The van der Waals surface area contributed by atoms with Crippen molar-refractivity contribution in [2.24, 2.45) is 0 Å². The third-order valence-corrected chi connectivity index (χ3v) is 3.81. The Morgan fingerprint density at radius 2 is 2.05 bits per heavy atom. The Hall–Kier alpha value is -1.60. The van der Waals surface area contributed by atoms with Crippen LogP contribution in [0.5, 0.6) is 11.6 Å². The van der Waals surface area contributed by atoms with Crippen LogP contribution >= 0.6 is 15.9 Å². The number of nitrogens with zero attached hydrogens (tertiary/aromatic N) is 1. The maximum absolute atomic E-state index is 11.6. The van der Waals surface area contributed by atoms with E-state index in [0.717, 1.165) is 10.7 Å². The molecule has 2 rings (SSSR count). The topological polar surface area (TPSA) is 82.3 Å². The van der Waals surface area contributed by atoms with Crippen molar-refractivity contribution in [3.05, 3.63) is 41.0 Å². The molecule has 1 aromatic heterocycles. The minimum atomic E-state index is -3.40. The van der Waals surface area contributed by atoms with Gasteiger partial charge in [0, 0.05) is 28.7 Å². The first kappa shape index (κ1) is 13.8. The molecule has 0 atom stereocenters. The second-order valence-corrected chi connectivity index (χ2v) is 6.80. The molecular weight excluding hydrogens is 332 g/mol. The summed E-state index contributed by atoms with van der Waals surface area (Å²) in [5, 5.41) is 0. The molecule has 2 N–H and O–H groups in total. The Kier molecular flexibility index (Phi) is 3.77. The second kappa shape index (κ2) is 5.18. The zero-order valence-corrected chi connectivity index (χ0v) is 12.4. The normalized spacial score (nSPS) is 11.3. The smallest absolute Gasteiger partial charge is 0.238 e. The van der Waals surface area contributed by atoms with Crippen LogP contribution < -0.4 is 10.5 Å². The van der Waals surface area contributed by atoms with Gasteiger partial charge in [0.25, 0.3) is 0 Å². The van der Waals surface area contributed by atoms with Crippen LogP contribution in [0, 0.1) is 0 Å². The fraction of sp³-hybridized carbons (Fsp3) is 0.0833. The van der Waals surface area contributed by atoms with Gasteiger partial charge in [-0.25, -0.2) is 13.4 Å². The third kappa shape index (κ3) is 3.45. The van der Waals surface area contributed by atoms with Crippen molar-refractivity contribution in [2.75, 3.05) is 12.0 Å². The van der Waals surface area contributed by atoms with Crippen LogP contribution in [-0.4, -0.2) is 19.7 Å². The van der Waals surface area contributed by atoms with Crippen molar-refractivity contribution in [3.63, 3.8) is 0 Å². The third-order valence-electron chi connectivity index (χ3n) is 2.24. The van der Waals surface area contributed by atoms with Gasteiger partial charge in [0.2, 0.25) is 5.88 Å². The number of hydrogen-bond donors (Lipinski definition) is 1. The minimum Gasteiger partial charge on any atom is -0.438 e. The molecule has 0 aliphatic rings. The number of ether oxygens (including phenoxy) is 1. The van der Waals surface area contributed by atoms with Gasteiger partial charge in [0.15, 0.2) is 9.84 Å². The molecule has 0 fully saturated rings. The van der Waals surface area contributed by atoms with E-state index in [4.69, 9.17) is 10.5 Å². The van der Waals surface area contributed by atoms with Gasteiger partial charge in [0.05, 0.1) is 0 Å². The van der Waals surface area contributed by atoms with Gasteiger partial charge >= 0.3 is 0 Å². The quantitative estimate of drug-likeness (QED) is 0.867. The number of halogens is 1. The second-order valence-electron chi connectivity index (χ2n) is 3.90. The van der Waals surface area contributed by atoms with Crippen LogP contribution in [-0.2, 0) is 9.84 Å². The van der Waals surface area contributed by atoms with Crippen LogP contribution in [0.2, 0.25) is 0 Å². The van der Waals surface area contributed by atoms with Gasteiger partial charge in [-0.15, -0.1) is 0 Å². The Morgan fingerprint density at radius 1 is 1.32 bits per heavy atom. The van der Waals surface area contributed by atoms with E-state index in [0.29, 0.717) is 11.4 Å². The lowest BCUT2D eigenvalue weighted by Crippen LogP contribution is -2.02. The highest BCUT2D eigenvalue weighted by atomic mass is 79.9. The molecule has 2 aromatic rings. The zero-order valence-electron chi connectivity index (χ0n) is 10.00. The number of sulfone groups is 1. The van der Waals surface area contributed by atoms with Crippen molar-refractivity contribution in [3.8, 4) is 11.6 Å². The number of hydrogen-bond acceptors (Lipinski definition) is 5.